The first-order valence-electron chi connectivity index (χ1n) is 10.7. The number of hydrogen-bond acceptors (Lipinski definition) is 5. The van der Waals surface area contributed by atoms with Gasteiger partial charge in [-0.25, -0.2) is 13.2 Å². The summed E-state index contributed by atoms with van der Waals surface area (Å²) in [5.41, 5.74) is 3.29. The predicted octanol–water partition coefficient (Wildman–Crippen LogP) is 5.92. The van der Waals surface area contributed by atoms with Crippen LogP contribution in [0.3, 0.4) is 0 Å². The van der Waals surface area contributed by atoms with E-state index in [9.17, 15) is 37.3 Å². The quantitative estimate of drug-likeness (QED) is 0.129. The molecule has 4 rings (SSSR count). The Morgan fingerprint density at radius 1 is 0.658 bits per heavy atom. The number of nitro groups is 1. The van der Waals surface area contributed by atoms with Crippen LogP contribution in [-0.2, 0) is 0 Å². The maximum atomic E-state index is 13.8. The Labute approximate surface area is 212 Å². The van der Waals surface area contributed by atoms with E-state index in [0.717, 1.165) is 18.2 Å². The molecule has 0 bridgehead atoms. The van der Waals surface area contributed by atoms with Crippen molar-refractivity contribution in [2.24, 2.45) is 0 Å². The van der Waals surface area contributed by atoms with Gasteiger partial charge >= 0.3 is 5.69 Å². The first kappa shape index (κ1) is 27.3. The number of halogens is 4. The van der Waals surface area contributed by atoms with Crippen LogP contribution in [0.1, 0.15) is 20.7 Å². The van der Waals surface area contributed by atoms with E-state index < -0.39 is 57.1 Å². The summed E-state index contributed by atoms with van der Waals surface area (Å²) in [4.78, 5) is 33.1. The molecule has 0 aromatic heterocycles. The van der Waals surface area contributed by atoms with E-state index in [-0.39, 0.29) is 11.3 Å². The summed E-state index contributed by atoms with van der Waals surface area (Å²) >= 11 is 0. The largest absolute Gasteiger partial charge is 0.396 e. The number of nitrogens with two attached hydrogens (primary N) is 1. The van der Waals surface area contributed by atoms with Gasteiger partial charge in [0, 0.05) is 17.2 Å². The molecule has 0 spiro atoms. The van der Waals surface area contributed by atoms with Gasteiger partial charge in [-0.1, -0.05) is 36.4 Å². The molecule has 0 radical (unpaired) electrons. The molecule has 0 heterocycles. The number of nitro benzene ring substituents is 1. The van der Waals surface area contributed by atoms with Gasteiger partial charge in [-0.3, -0.25) is 19.7 Å². The van der Waals surface area contributed by atoms with Gasteiger partial charge < -0.3 is 16.4 Å². The zero-order chi connectivity index (χ0) is 27.8. The van der Waals surface area contributed by atoms with Gasteiger partial charge in [0.1, 0.15) is 23.0 Å². The molecular weight excluding hydrogens is 508 g/mol. The number of nitrogen functional groups attached to an aromatic ring is 1. The van der Waals surface area contributed by atoms with Crippen molar-refractivity contribution in [2.75, 3.05) is 16.4 Å². The fraction of sp³-hybridized carbons (Fsp3) is 0. The summed E-state index contributed by atoms with van der Waals surface area (Å²) in [6.45, 7) is 0. The Balaban J connectivity index is 0.000000212. The summed E-state index contributed by atoms with van der Waals surface area (Å²) in [5.74, 6) is -5.70. The van der Waals surface area contributed by atoms with Crippen LogP contribution < -0.4 is 16.4 Å². The first-order chi connectivity index (χ1) is 18.1. The number of rotatable bonds is 5. The topological polar surface area (TPSA) is 127 Å². The van der Waals surface area contributed by atoms with E-state index in [1.54, 1.807) is 36.4 Å². The fourth-order valence-corrected chi connectivity index (χ4v) is 3.03. The van der Waals surface area contributed by atoms with Crippen molar-refractivity contribution in [1.82, 2.24) is 0 Å². The van der Waals surface area contributed by atoms with Crippen molar-refractivity contribution in [3.05, 3.63) is 129 Å². The van der Waals surface area contributed by atoms with Crippen molar-refractivity contribution >= 4 is 34.6 Å². The van der Waals surface area contributed by atoms with Crippen LogP contribution in [0.2, 0.25) is 0 Å². The summed E-state index contributed by atoms with van der Waals surface area (Å²) in [5, 5.41) is 14.7. The highest BCUT2D eigenvalue weighted by Gasteiger charge is 2.23. The molecule has 0 aliphatic rings. The highest BCUT2D eigenvalue weighted by molar-refractivity contribution is 6.05. The molecule has 4 aromatic rings. The Morgan fingerprint density at radius 2 is 1.08 bits per heavy atom. The lowest BCUT2D eigenvalue weighted by Crippen LogP contribution is -2.14. The number of benzene rings is 4. The fourth-order valence-electron chi connectivity index (χ4n) is 3.03. The van der Waals surface area contributed by atoms with Crippen molar-refractivity contribution in [3.8, 4) is 0 Å². The highest BCUT2D eigenvalue weighted by Crippen LogP contribution is 2.28. The van der Waals surface area contributed by atoms with Crippen molar-refractivity contribution in [1.29, 1.82) is 0 Å². The Bertz CT molecular complexity index is 1490. The lowest BCUT2D eigenvalue weighted by Gasteiger charge is -2.09. The lowest BCUT2D eigenvalue weighted by molar-refractivity contribution is -0.387. The van der Waals surface area contributed by atoms with E-state index in [2.05, 4.69) is 5.32 Å². The van der Waals surface area contributed by atoms with Crippen LogP contribution >= 0.6 is 0 Å². The SMILES string of the molecule is Nc1ccc(F)c(NC(=O)c2ccccc2)c1F.O=C(Nc1c(F)ccc([N+](=O)[O-])c1F)c1ccccc1. The van der Waals surface area contributed by atoms with Crippen LogP contribution in [0.25, 0.3) is 0 Å². The molecule has 0 saturated heterocycles. The van der Waals surface area contributed by atoms with E-state index in [0.29, 0.717) is 11.6 Å². The molecule has 4 N–H and O–H groups in total. The molecule has 38 heavy (non-hydrogen) atoms. The molecule has 0 aliphatic carbocycles. The van der Waals surface area contributed by atoms with Crippen LogP contribution in [0, 0.1) is 33.4 Å². The molecule has 4 aromatic carbocycles. The zero-order valence-electron chi connectivity index (χ0n) is 19.3. The minimum Gasteiger partial charge on any atom is -0.396 e. The van der Waals surface area contributed by atoms with Crippen molar-refractivity contribution in [2.45, 2.75) is 0 Å². The lowest BCUT2D eigenvalue weighted by atomic mass is 10.2. The standard InChI is InChI=1S/C13H8F2N2O3.C13H10F2N2O/c14-9-6-7-10(17(19)20)11(15)12(9)16-13(18)8-4-2-1-3-5-8;14-9-6-7-10(16)11(15)12(9)17-13(18)8-4-2-1-3-5-8/h1-7H,(H,16,18);1-7H,16H2,(H,17,18). The zero-order valence-corrected chi connectivity index (χ0v) is 19.3. The number of anilines is 3. The molecule has 194 valence electrons. The third-order valence-corrected chi connectivity index (χ3v) is 4.94. The Hall–Kier alpha value is -5.26. The summed E-state index contributed by atoms with van der Waals surface area (Å²) in [6, 6.07) is 19.4. The summed E-state index contributed by atoms with van der Waals surface area (Å²) in [6.07, 6.45) is 0. The number of nitrogens with zero attached hydrogens (tertiary/aromatic N) is 1. The van der Waals surface area contributed by atoms with E-state index >= 15 is 0 Å². The summed E-state index contributed by atoms with van der Waals surface area (Å²) in [7, 11) is 0. The average Bonchev–Trinajstić information content (AvgIpc) is 2.92. The van der Waals surface area contributed by atoms with Crippen LogP contribution in [0.5, 0.6) is 0 Å². The third-order valence-electron chi connectivity index (χ3n) is 4.94. The second-order valence-electron chi connectivity index (χ2n) is 7.48. The van der Waals surface area contributed by atoms with Crippen LogP contribution in [0.4, 0.5) is 40.3 Å². The second kappa shape index (κ2) is 12.1. The molecule has 12 heteroatoms. The third kappa shape index (κ3) is 6.49. The number of carbonyl (C=O) groups excluding carboxylic acids is 2. The average molecular weight is 526 g/mol. The van der Waals surface area contributed by atoms with Gasteiger partial charge in [-0.15, -0.1) is 0 Å². The number of carbonyl (C=O) groups is 2. The number of amides is 2. The molecule has 0 atom stereocenters. The highest BCUT2D eigenvalue weighted by atomic mass is 19.1. The smallest absolute Gasteiger partial charge is 0.307 e. The Kier molecular flexibility index (Phi) is 8.72. The van der Waals surface area contributed by atoms with Gasteiger partial charge in [0.15, 0.2) is 5.82 Å². The molecule has 0 unspecified atom stereocenters. The van der Waals surface area contributed by atoms with E-state index in [1.165, 1.54) is 24.3 Å². The van der Waals surface area contributed by atoms with E-state index in [1.807, 2.05) is 5.32 Å². The van der Waals surface area contributed by atoms with Gasteiger partial charge in [-0.2, -0.15) is 4.39 Å². The maximum absolute atomic E-state index is 13.8. The normalized spacial score (nSPS) is 10.1. The second-order valence-corrected chi connectivity index (χ2v) is 7.48. The molecule has 0 aliphatic heterocycles. The number of hydrogen-bond donors (Lipinski definition) is 3. The predicted molar refractivity (Wildman–Crippen MR) is 133 cm³/mol. The molecular formula is C26H18F4N4O4. The van der Waals surface area contributed by atoms with Gasteiger partial charge in [0.25, 0.3) is 11.8 Å². The molecule has 0 fully saturated rings. The van der Waals surface area contributed by atoms with Crippen molar-refractivity contribution < 1.29 is 32.1 Å². The number of nitrogens with one attached hydrogen (secondary N) is 2. The minimum atomic E-state index is -1.42. The van der Waals surface area contributed by atoms with Crippen molar-refractivity contribution in [3.63, 3.8) is 0 Å². The van der Waals surface area contributed by atoms with Gasteiger partial charge in [0.2, 0.25) is 5.82 Å². The molecule has 8 nitrogen and oxygen atoms in total. The van der Waals surface area contributed by atoms with Crippen LogP contribution in [0.15, 0.2) is 84.9 Å². The molecule has 0 saturated carbocycles. The van der Waals surface area contributed by atoms with Crippen LogP contribution in [-0.4, -0.2) is 16.7 Å². The minimum absolute atomic E-state index is 0.179. The van der Waals surface area contributed by atoms with Gasteiger partial charge in [-0.05, 0) is 42.5 Å². The molecule has 2 amide bonds. The van der Waals surface area contributed by atoms with E-state index in [4.69, 9.17) is 5.73 Å². The first-order valence-corrected chi connectivity index (χ1v) is 10.7. The van der Waals surface area contributed by atoms with Gasteiger partial charge in [0.05, 0.1) is 10.6 Å². The maximum Gasteiger partial charge on any atom is 0.307 e. The monoisotopic (exact) mass is 526 g/mol. The Morgan fingerprint density at radius 3 is 1.53 bits per heavy atom. The summed E-state index contributed by atoms with van der Waals surface area (Å²) < 4.78 is 54.2.